The Morgan fingerprint density at radius 2 is 1.84 bits per heavy atom. The smallest absolute Gasteiger partial charge is 0.415 e. The molecule has 1 aliphatic rings. The molecule has 0 aliphatic heterocycles. The highest BCUT2D eigenvalue weighted by Crippen LogP contribution is 2.29. The van der Waals surface area contributed by atoms with Gasteiger partial charge in [0.05, 0.1) is 11.8 Å². The minimum Gasteiger partial charge on any atom is -0.463 e. The second-order valence-corrected chi connectivity index (χ2v) is 11.2. The van der Waals surface area contributed by atoms with E-state index in [1.54, 1.807) is 13.8 Å². The fourth-order valence-corrected chi connectivity index (χ4v) is 4.91. The summed E-state index contributed by atoms with van der Waals surface area (Å²) in [5, 5.41) is 39.0. The number of nitrogens with one attached hydrogen (secondary N) is 1. The number of aliphatic hydroxyl groups is 2. The summed E-state index contributed by atoms with van der Waals surface area (Å²) in [6.07, 6.45) is -0.00447. The van der Waals surface area contributed by atoms with Gasteiger partial charge in [0.15, 0.2) is 11.9 Å². The number of amides is 1. The van der Waals surface area contributed by atoms with Crippen molar-refractivity contribution in [3.05, 3.63) is 24.2 Å². The molecule has 5 atom stereocenters. The van der Waals surface area contributed by atoms with Gasteiger partial charge >= 0.3 is 24.0 Å². The van der Waals surface area contributed by atoms with Crippen LogP contribution in [-0.2, 0) is 33.3 Å². The summed E-state index contributed by atoms with van der Waals surface area (Å²) in [7, 11) is 0. The summed E-state index contributed by atoms with van der Waals surface area (Å²) < 4.78 is 21.3. The lowest BCUT2D eigenvalue weighted by Crippen LogP contribution is -2.49. The first kappa shape index (κ1) is 35.2. The number of anilines is 1. The number of rotatable bonds is 14. The van der Waals surface area contributed by atoms with Crippen molar-refractivity contribution in [2.24, 2.45) is 17.6 Å². The summed E-state index contributed by atoms with van der Waals surface area (Å²) >= 11 is 0. The Balaban J connectivity index is 1.81. The molecule has 0 bridgehead atoms. The normalized spacial score (nSPS) is 16.9. The van der Waals surface area contributed by atoms with Gasteiger partial charge in [-0.3, -0.25) is 19.7 Å². The van der Waals surface area contributed by atoms with Crippen LogP contribution in [0.1, 0.15) is 70.9 Å². The molecule has 0 spiro atoms. The van der Waals surface area contributed by atoms with Crippen molar-refractivity contribution in [3.63, 3.8) is 0 Å². The van der Waals surface area contributed by atoms with E-state index in [-0.39, 0.29) is 35.3 Å². The molecule has 1 amide bonds. The van der Waals surface area contributed by atoms with Gasteiger partial charge < -0.3 is 34.9 Å². The Morgan fingerprint density at radius 3 is 2.49 bits per heavy atom. The lowest BCUT2D eigenvalue weighted by molar-refractivity contribution is -0.174. The monoisotopic (exact) mass is 632 g/mol. The van der Waals surface area contributed by atoms with E-state index >= 15 is 0 Å². The van der Waals surface area contributed by atoms with E-state index < -0.39 is 67.7 Å². The second kappa shape index (κ2) is 16.7. The number of esters is 3. The van der Waals surface area contributed by atoms with Crippen LogP contribution in [0.2, 0.25) is 0 Å². The van der Waals surface area contributed by atoms with Crippen LogP contribution in [0.4, 0.5) is 10.6 Å². The highest BCUT2D eigenvalue weighted by molar-refractivity contribution is 5.88. The minimum atomic E-state index is -1.84. The van der Waals surface area contributed by atoms with Gasteiger partial charge in [0.1, 0.15) is 42.6 Å². The first-order valence-corrected chi connectivity index (χ1v) is 14.7. The van der Waals surface area contributed by atoms with Gasteiger partial charge in [-0.25, -0.2) is 14.3 Å². The van der Waals surface area contributed by atoms with Crippen LogP contribution in [0, 0.1) is 23.2 Å². The van der Waals surface area contributed by atoms with Crippen molar-refractivity contribution in [3.8, 4) is 6.07 Å². The highest BCUT2D eigenvalue weighted by atomic mass is 16.7. The summed E-state index contributed by atoms with van der Waals surface area (Å²) in [5.41, 5.74) is 6.22. The van der Waals surface area contributed by atoms with Crippen molar-refractivity contribution in [1.29, 1.82) is 5.26 Å². The number of nitrogens with zero attached hydrogens (tertiary/aromatic N) is 4. The van der Waals surface area contributed by atoms with E-state index in [1.165, 1.54) is 16.6 Å². The summed E-state index contributed by atoms with van der Waals surface area (Å²) in [6.45, 7) is 3.28. The van der Waals surface area contributed by atoms with Gasteiger partial charge in [-0.05, 0) is 36.8 Å². The van der Waals surface area contributed by atoms with Gasteiger partial charge in [0, 0.05) is 13.3 Å². The number of nitriles is 1. The van der Waals surface area contributed by atoms with Crippen LogP contribution in [0.3, 0.4) is 0 Å². The van der Waals surface area contributed by atoms with Crippen LogP contribution in [-0.4, -0.2) is 86.6 Å². The third-order valence-electron chi connectivity index (χ3n) is 7.51. The predicted molar refractivity (Wildman–Crippen MR) is 155 cm³/mol. The fraction of sp³-hybridized carbons (Fsp3) is 0.621. The van der Waals surface area contributed by atoms with Crippen LogP contribution in [0.25, 0.3) is 5.52 Å². The van der Waals surface area contributed by atoms with E-state index in [2.05, 4.69) is 20.1 Å². The number of ether oxygens (including phenoxy) is 4. The number of nitrogens with two attached hydrogens (primary N) is 1. The van der Waals surface area contributed by atoms with Gasteiger partial charge in [0.2, 0.25) is 6.79 Å². The molecular formula is C29H40N6O10. The van der Waals surface area contributed by atoms with Crippen molar-refractivity contribution >= 4 is 35.3 Å². The zero-order valence-corrected chi connectivity index (χ0v) is 25.5. The highest BCUT2D eigenvalue weighted by Gasteiger charge is 2.40. The quantitative estimate of drug-likeness (QED) is 0.131. The lowest BCUT2D eigenvalue weighted by atomic mass is 9.87. The zero-order valence-electron chi connectivity index (χ0n) is 25.5. The predicted octanol–water partition coefficient (Wildman–Crippen LogP) is 1.54. The fourth-order valence-electron chi connectivity index (χ4n) is 4.91. The molecular weight excluding hydrogens is 592 g/mol. The van der Waals surface area contributed by atoms with E-state index in [1.807, 2.05) is 6.07 Å². The number of fused-ring (bicyclic) bond motifs is 1. The van der Waals surface area contributed by atoms with Crippen LogP contribution < -0.4 is 11.1 Å². The first-order valence-electron chi connectivity index (χ1n) is 14.7. The molecule has 1 aliphatic carbocycles. The van der Waals surface area contributed by atoms with Gasteiger partial charge in [0.25, 0.3) is 0 Å². The molecule has 2 heterocycles. The maximum Gasteiger partial charge on any atom is 0.415 e. The molecule has 1 saturated carbocycles. The standard InChI is InChI=1S/C29H40N6O10/c1-16(2)24(31)28(40)45-26(22(37)13-42-23(38)11-18-7-5-4-6-8-18)25(39)19(12-30)20-9-10-21-27(32-14-33-35(20)21)34-29(41)44-15-43-17(3)36/h9-10,14,16,18-19,22,24-26,37,39H,4-8,11,13,15,31H2,1-3H3,(H,32,33,34,41)/t19?,22-,24+,25+,26-/m1/s1. The lowest BCUT2D eigenvalue weighted by Gasteiger charge is -2.31. The Hall–Kier alpha value is -4.33. The van der Waals surface area contributed by atoms with Crippen molar-refractivity contribution in [2.45, 2.75) is 89.6 Å². The Labute approximate surface area is 259 Å². The summed E-state index contributed by atoms with van der Waals surface area (Å²) in [5.74, 6) is -3.75. The van der Waals surface area contributed by atoms with Gasteiger partial charge in [-0.2, -0.15) is 10.4 Å². The number of aliphatic hydroxyl groups excluding tert-OH is 2. The van der Waals surface area contributed by atoms with Crippen LogP contribution in [0.5, 0.6) is 0 Å². The largest absolute Gasteiger partial charge is 0.463 e. The molecule has 1 unspecified atom stereocenters. The first-order chi connectivity index (χ1) is 21.4. The molecule has 0 aromatic carbocycles. The van der Waals surface area contributed by atoms with E-state index in [0.717, 1.165) is 45.4 Å². The SMILES string of the molecule is CC(=O)OCOC(=O)Nc1ncnn2c(C(C#N)[C@H](O)[C@H](OC(=O)[C@@H](N)C(C)C)[C@H](O)COC(=O)CC3CCCCC3)ccc12. The second-order valence-electron chi connectivity index (χ2n) is 11.2. The number of aromatic nitrogens is 3. The number of carbonyl (C=O) groups excluding carboxylic acids is 4. The Kier molecular flexibility index (Phi) is 13.0. The molecule has 0 saturated heterocycles. The topological polar surface area (TPSA) is 238 Å². The summed E-state index contributed by atoms with van der Waals surface area (Å²) in [6, 6.07) is 3.72. The molecule has 3 rings (SSSR count). The average Bonchev–Trinajstić information content (AvgIpc) is 3.43. The Bertz CT molecular complexity index is 1370. The molecule has 5 N–H and O–H groups in total. The third kappa shape index (κ3) is 9.83. The van der Waals surface area contributed by atoms with Crippen molar-refractivity contribution in [2.75, 3.05) is 18.7 Å². The van der Waals surface area contributed by atoms with Gasteiger partial charge in [-0.15, -0.1) is 0 Å². The summed E-state index contributed by atoms with van der Waals surface area (Å²) in [4.78, 5) is 52.3. The number of hydrogen-bond acceptors (Lipinski definition) is 14. The number of carbonyl (C=O) groups is 4. The Morgan fingerprint density at radius 1 is 1.13 bits per heavy atom. The van der Waals surface area contributed by atoms with Crippen LogP contribution >= 0.6 is 0 Å². The molecule has 0 radical (unpaired) electrons. The molecule has 2 aromatic rings. The zero-order chi connectivity index (χ0) is 33.1. The minimum absolute atomic E-state index is 0.0361. The van der Waals surface area contributed by atoms with E-state index in [4.69, 9.17) is 19.9 Å². The molecule has 45 heavy (non-hydrogen) atoms. The van der Waals surface area contributed by atoms with Gasteiger partial charge in [-0.1, -0.05) is 33.1 Å². The average molecular weight is 633 g/mol. The maximum absolute atomic E-state index is 12.8. The van der Waals surface area contributed by atoms with E-state index in [0.29, 0.717) is 0 Å². The molecule has 16 nitrogen and oxygen atoms in total. The molecule has 2 aromatic heterocycles. The maximum atomic E-state index is 12.8. The van der Waals surface area contributed by atoms with Crippen molar-refractivity contribution in [1.82, 2.24) is 14.6 Å². The number of hydrogen-bond donors (Lipinski definition) is 4. The van der Waals surface area contributed by atoms with E-state index in [9.17, 15) is 34.7 Å². The van der Waals surface area contributed by atoms with Crippen LogP contribution in [0.15, 0.2) is 18.5 Å². The molecule has 246 valence electrons. The molecule has 16 heteroatoms. The third-order valence-corrected chi connectivity index (χ3v) is 7.51. The molecule has 1 fully saturated rings. The van der Waals surface area contributed by atoms with Crippen molar-refractivity contribution < 1.29 is 48.3 Å².